The van der Waals surface area contributed by atoms with Gasteiger partial charge in [0.1, 0.15) is 17.3 Å². The van der Waals surface area contributed by atoms with Gasteiger partial charge in [0.2, 0.25) is 5.89 Å². The molecule has 1 aliphatic carbocycles. The van der Waals surface area contributed by atoms with Crippen LogP contribution in [0.25, 0.3) is 22.6 Å². The maximum atomic E-state index is 12.4. The molecule has 0 saturated carbocycles. The molecule has 6 heteroatoms. The second-order valence-corrected chi connectivity index (χ2v) is 10.6. The zero-order valence-electron chi connectivity index (χ0n) is 23.8. The zero-order chi connectivity index (χ0) is 28.1. The second kappa shape index (κ2) is 12.0. The Morgan fingerprint density at radius 1 is 0.875 bits per heavy atom. The van der Waals surface area contributed by atoms with Gasteiger partial charge in [0, 0.05) is 23.1 Å². The van der Waals surface area contributed by atoms with Crippen LogP contribution >= 0.6 is 0 Å². The van der Waals surface area contributed by atoms with Gasteiger partial charge in [0.25, 0.3) is 0 Å². The maximum absolute atomic E-state index is 12.4. The van der Waals surface area contributed by atoms with Crippen LogP contribution in [0.15, 0.2) is 71.1 Å². The van der Waals surface area contributed by atoms with Gasteiger partial charge in [-0.2, -0.15) is 0 Å². The topological polar surface area (TPSA) is 70.8 Å². The van der Waals surface area contributed by atoms with Crippen LogP contribution in [-0.2, 0) is 28.8 Å². The summed E-state index contributed by atoms with van der Waals surface area (Å²) in [6, 6.07) is 22.5. The summed E-state index contributed by atoms with van der Waals surface area (Å²) in [6.45, 7) is 8.05. The van der Waals surface area contributed by atoms with Crippen LogP contribution in [0.3, 0.4) is 0 Å². The van der Waals surface area contributed by atoms with Crippen LogP contribution in [0.4, 0.5) is 0 Å². The van der Waals surface area contributed by atoms with E-state index < -0.39 is 5.60 Å². The Bertz CT molecular complexity index is 1450. The molecule has 0 spiro atoms. The van der Waals surface area contributed by atoms with E-state index in [1.807, 2.05) is 49.4 Å². The van der Waals surface area contributed by atoms with E-state index in [-0.39, 0.29) is 5.97 Å². The van der Waals surface area contributed by atoms with Crippen molar-refractivity contribution in [3.63, 3.8) is 0 Å². The first kappa shape index (κ1) is 27.5. The molecule has 0 radical (unpaired) electrons. The highest BCUT2D eigenvalue weighted by atomic mass is 16.6. The highest BCUT2D eigenvalue weighted by molar-refractivity contribution is 5.79. The summed E-state index contributed by atoms with van der Waals surface area (Å²) in [5.74, 6) is 2.66. The summed E-state index contributed by atoms with van der Waals surface area (Å²) in [7, 11) is 0. The fraction of sp³-hybridized carbons (Fsp3) is 0.353. The van der Waals surface area contributed by atoms with Crippen LogP contribution in [0, 0.1) is 6.92 Å². The number of nitrogens with zero attached hydrogens (tertiary/aromatic N) is 1. The number of hydrogen-bond acceptors (Lipinski definition) is 6. The number of oxazole rings is 1. The Hall–Kier alpha value is -4.06. The molecule has 1 aromatic heterocycles. The van der Waals surface area contributed by atoms with E-state index in [4.69, 9.17) is 23.6 Å². The average molecular weight is 540 g/mol. The molecule has 0 fully saturated rings. The molecule has 0 atom stereocenters. The van der Waals surface area contributed by atoms with Crippen molar-refractivity contribution >= 4 is 5.97 Å². The smallest absolute Gasteiger partial charge is 0.349 e. The number of hydrogen-bond donors (Lipinski definition) is 0. The van der Waals surface area contributed by atoms with Crippen molar-refractivity contribution in [1.82, 2.24) is 4.98 Å². The molecule has 5 rings (SSSR count). The minimum Gasteiger partial charge on any atom is -0.493 e. The van der Waals surface area contributed by atoms with E-state index in [2.05, 4.69) is 24.3 Å². The predicted molar refractivity (Wildman–Crippen MR) is 156 cm³/mol. The molecule has 1 aliphatic rings. The average Bonchev–Trinajstić information content (AvgIpc) is 3.35. The first-order valence-corrected chi connectivity index (χ1v) is 14.1. The van der Waals surface area contributed by atoms with E-state index in [1.54, 1.807) is 20.8 Å². The quantitative estimate of drug-likeness (QED) is 0.194. The van der Waals surface area contributed by atoms with Crippen LogP contribution in [0.2, 0.25) is 0 Å². The number of aromatic nitrogens is 1. The highest BCUT2D eigenvalue weighted by Gasteiger charge is 2.33. The molecule has 40 heavy (non-hydrogen) atoms. The molecule has 0 N–H and O–H groups in total. The lowest BCUT2D eigenvalue weighted by Gasteiger charge is -2.28. The largest absolute Gasteiger partial charge is 0.493 e. The van der Waals surface area contributed by atoms with Gasteiger partial charge in [0.05, 0.1) is 18.9 Å². The van der Waals surface area contributed by atoms with Gasteiger partial charge in [-0.3, -0.25) is 0 Å². The molecule has 0 unspecified atom stereocenters. The van der Waals surface area contributed by atoms with Crippen molar-refractivity contribution in [2.75, 3.05) is 13.2 Å². The first-order chi connectivity index (χ1) is 19.4. The fourth-order valence-corrected chi connectivity index (χ4v) is 5.13. The maximum Gasteiger partial charge on any atom is 0.349 e. The molecule has 4 aromatic rings. The number of ether oxygens (including phenoxy) is 3. The third-order valence-electron chi connectivity index (χ3n) is 7.31. The van der Waals surface area contributed by atoms with Gasteiger partial charge in [-0.15, -0.1) is 0 Å². The molecular formula is C34H37NO5. The van der Waals surface area contributed by atoms with Gasteiger partial charge in [-0.05, 0) is 88.8 Å². The molecule has 0 amide bonds. The van der Waals surface area contributed by atoms with E-state index in [0.29, 0.717) is 25.5 Å². The zero-order valence-corrected chi connectivity index (χ0v) is 23.8. The number of esters is 1. The standard InChI is InChI=1S/C34H37NO5/c1-5-37-33(36)34(3,4)40-31-20-19-30(27-13-9-10-14-28(27)31)38-22-21-29-23(2)39-32(35-29)26-17-15-25(16-18-26)24-11-7-6-8-12-24/h6-8,11-12,15-20H,5,9-10,13-14,21-22H2,1-4H3. The van der Waals surface area contributed by atoms with E-state index in [0.717, 1.165) is 65.3 Å². The third kappa shape index (κ3) is 6.06. The summed E-state index contributed by atoms with van der Waals surface area (Å²) in [5, 5.41) is 0. The van der Waals surface area contributed by atoms with Gasteiger partial charge in [-0.1, -0.05) is 42.5 Å². The molecule has 6 nitrogen and oxygen atoms in total. The summed E-state index contributed by atoms with van der Waals surface area (Å²) in [4.78, 5) is 17.2. The summed E-state index contributed by atoms with van der Waals surface area (Å²) >= 11 is 0. The van der Waals surface area contributed by atoms with Crippen molar-refractivity contribution in [2.24, 2.45) is 0 Å². The van der Waals surface area contributed by atoms with Crippen LogP contribution in [0.1, 0.15) is 56.2 Å². The number of benzene rings is 3. The lowest BCUT2D eigenvalue weighted by molar-refractivity contribution is -0.158. The Kier molecular flexibility index (Phi) is 8.24. The van der Waals surface area contributed by atoms with Gasteiger partial charge in [-0.25, -0.2) is 9.78 Å². The normalized spacial score (nSPS) is 13.0. The van der Waals surface area contributed by atoms with Gasteiger partial charge < -0.3 is 18.6 Å². The monoisotopic (exact) mass is 539 g/mol. The summed E-state index contributed by atoms with van der Waals surface area (Å²) in [5.41, 5.74) is 5.41. The van der Waals surface area contributed by atoms with E-state index in [1.165, 1.54) is 11.1 Å². The lowest BCUT2D eigenvalue weighted by Crippen LogP contribution is -2.40. The predicted octanol–water partition coefficient (Wildman–Crippen LogP) is 7.54. The summed E-state index contributed by atoms with van der Waals surface area (Å²) < 4.78 is 23.7. The van der Waals surface area contributed by atoms with Crippen molar-refractivity contribution < 1.29 is 23.4 Å². The lowest BCUT2D eigenvalue weighted by atomic mass is 9.90. The Morgan fingerprint density at radius 3 is 2.20 bits per heavy atom. The Balaban J connectivity index is 1.25. The Labute approximate surface area is 236 Å². The van der Waals surface area contributed by atoms with E-state index in [9.17, 15) is 4.79 Å². The molecule has 3 aromatic carbocycles. The number of aryl methyl sites for hydroxylation is 1. The highest BCUT2D eigenvalue weighted by Crippen LogP contribution is 2.38. The van der Waals surface area contributed by atoms with Gasteiger partial charge in [0.15, 0.2) is 5.60 Å². The van der Waals surface area contributed by atoms with Crippen LogP contribution in [-0.4, -0.2) is 29.8 Å². The van der Waals surface area contributed by atoms with Crippen molar-refractivity contribution in [2.45, 2.75) is 65.4 Å². The van der Waals surface area contributed by atoms with E-state index >= 15 is 0 Å². The molecule has 208 valence electrons. The number of rotatable bonds is 10. The molecule has 0 saturated heterocycles. The minimum absolute atomic E-state index is 0.323. The molecule has 0 bridgehead atoms. The number of fused-ring (bicyclic) bond motifs is 1. The van der Waals surface area contributed by atoms with Crippen molar-refractivity contribution in [3.05, 3.63) is 89.3 Å². The van der Waals surface area contributed by atoms with Crippen LogP contribution < -0.4 is 9.47 Å². The van der Waals surface area contributed by atoms with Crippen molar-refractivity contribution in [3.8, 4) is 34.1 Å². The Morgan fingerprint density at radius 2 is 1.50 bits per heavy atom. The third-order valence-corrected chi connectivity index (χ3v) is 7.31. The fourth-order valence-electron chi connectivity index (χ4n) is 5.13. The SMILES string of the molecule is CCOC(=O)C(C)(C)Oc1ccc(OCCc2nc(-c3ccc(-c4ccccc4)cc3)oc2C)c2c1CCCC2. The number of carbonyl (C=O) groups is 1. The first-order valence-electron chi connectivity index (χ1n) is 14.1. The van der Waals surface area contributed by atoms with Crippen LogP contribution in [0.5, 0.6) is 11.5 Å². The second-order valence-electron chi connectivity index (χ2n) is 10.6. The molecule has 1 heterocycles. The van der Waals surface area contributed by atoms with Gasteiger partial charge >= 0.3 is 5.97 Å². The molecular weight excluding hydrogens is 502 g/mol. The number of carbonyl (C=O) groups excluding carboxylic acids is 1. The van der Waals surface area contributed by atoms with Crippen molar-refractivity contribution in [1.29, 1.82) is 0 Å². The minimum atomic E-state index is -1.06. The summed E-state index contributed by atoms with van der Waals surface area (Å²) in [6.07, 6.45) is 4.65. The molecule has 0 aliphatic heterocycles.